The molecule has 6 nitrogen and oxygen atoms in total. The van der Waals surface area contributed by atoms with E-state index < -0.39 is 0 Å². The highest BCUT2D eigenvalue weighted by Gasteiger charge is 2.17. The van der Waals surface area contributed by atoms with E-state index in [0.717, 1.165) is 46.9 Å². The third-order valence-electron chi connectivity index (χ3n) is 4.06. The largest absolute Gasteiger partial charge is 0.365 e. The Labute approximate surface area is 138 Å². The van der Waals surface area contributed by atoms with Crippen LogP contribution in [0.4, 0.5) is 5.82 Å². The highest BCUT2D eigenvalue weighted by atomic mass is 35.5. The summed E-state index contributed by atoms with van der Waals surface area (Å²) in [6, 6.07) is 8.19. The van der Waals surface area contributed by atoms with Crippen molar-refractivity contribution in [2.45, 2.75) is 19.0 Å². The van der Waals surface area contributed by atoms with Crippen LogP contribution in [0.15, 0.2) is 36.8 Å². The van der Waals surface area contributed by atoms with Gasteiger partial charge in [0.2, 0.25) is 0 Å². The summed E-state index contributed by atoms with van der Waals surface area (Å²) in [5.74, 6) is 0.848. The van der Waals surface area contributed by atoms with Crippen LogP contribution in [0, 0.1) is 0 Å². The summed E-state index contributed by atoms with van der Waals surface area (Å²) in [5.41, 5.74) is 1.92. The molecule has 1 aliphatic rings. The molecule has 1 aromatic carbocycles. The van der Waals surface area contributed by atoms with Gasteiger partial charge in [-0.2, -0.15) is 5.10 Å². The van der Waals surface area contributed by atoms with Crippen LogP contribution in [0.2, 0.25) is 5.02 Å². The minimum Gasteiger partial charge on any atom is -0.365 e. The molecule has 3 heterocycles. The van der Waals surface area contributed by atoms with Crippen molar-refractivity contribution in [3.8, 4) is 0 Å². The third-order valence-corrected chi connectivity index (χ3v) is 4.29. The average Bonchev–Trinajstić information content (AvgIpc) is 3.18. The van der Waals surface area contributed by atoms with E-state index in [-0.39, 0.29) is 0 Å². The molecule has 1 atom stereocenters. The number of nitrogens with one attached hydrogen (secondary N) is 2. The van der Waals surface area contributed by atoms with Gasteiger partial charge >= 0.3 is 0 Å². The van der Waals surface area contributed by atoms with Gasteiger partial charge in [0.05, 0.1) is 18.1 Å². The van der Waals surface area contributed by atoms with Gasteiger partial charge in [-0.15, -0.1) is 0 Å². The summed E-state index contributed by atoms with van der Waals surface area (Å²) in [4.78, 5) is 8.78. The number of benzene rings is 1. The third kappa shape index (κ3) is 3.00. The first-order valence-electron chi connectivity index (χ1n) is 7.68. The van der Waals surface area contributed by atoms with E-state index in [1.165, 1.54) is 0 Å². The van der Waals surface area contributed by atoms with Gasteiger partial charge in [0, 0.05) is 17.6 Å². The lowest BCUT2D eigenvalue weighted by Gasteiger charge is -2.12. The first kappa shape index (κ1) is 14.4. The number of rotatable bonds is 4. The van der Waals surface area contributed by atoms with E-state index in [1.54, 1.807) is 6.33 Å². The molecule has 1 fully saturated rings. The second-order valence-electron chi connectivity index (χ2n) is 5.73. The van der Waals surface area contributed by atoms with Gasteiger partial charge < -0.3 is 10.6 Å². The van der Waals surface area contributed by atoms with Crippen molar-refractivity contribution in [2.24, 2.45) is 0 Å². The molecule has 23 heavy (non-hydrogen) atoms. The van der Waals surface area contributed by atoms with Crippen LogP contribution in [0.3, 0.4) is 0 Å². The number of anilines is 1. The molecular weight excluding hydrogens is 312 g/mol. The molecule has 0 spiro atoms. The predicted octanol–water partition coefficient (Wildman–Crippen LogP) is 2.30. The fourth-order valence-corrected chi connectivity index (χ4v) is 3.12. The number of nitrogens with zero attached hydrogens (tertiary/aromatic N) is 4. The van der Waals surface area contributed by atoms with Gasteiger partial charge in [0.25, 0.3) is 0 Å². The number of hydrogen-bond acceptors (Lipinski definition) is 5. The van der Waals surface area contributed by atoms with Gasteiger partial charge in [-0.3, -0.25) is 0 Å². The van der Waals surface area contributed by atoms with Crippen molar-refractivity contribution in [1.29, 1.82) is 0 Å². The van der Waals surface area contributed by atoms with E-state index in [9.17, 15) is 0 Å². The quantitative estimate of drug-likeness (QED) is 0.769. The molecule has 1 saturated heterocycles. The Hall–Kier alpha value is -2.18. The summed E-state index contributed by atoms with van der Waals surface area (Å²) in [7, 11) is 0. The minimum absolute atomic E-state index is 0.407. The molecule has 2 N–H and O–H groups in total. The Morgan fingerprint density at radius 3 is 3.13 bits per heavy atom. The number of fused-ring (bicyclic) bond motifs is 1. The first-order chi connectivity index (χ1) is 11.3. The molecule has 7 heteroatoms. The smallest absolute Gasteiger partial charge is 0.163 e. The van der Waals surface area contributed by atoms with Crippen molar-refractivity contribution in [3.63, 3.8) is 0 Å². The van der Waals surface area contributed by atoms with Gasteiger partial charge in [-0.1, -0.05) is 23.7 Å². The number of hydrogen-bond donors (Lipinski definition) is 2. The molecular formula is C16H17ClN6. The van der Waals surface area contributed by atoms with Crippen molar-refractivity contribution < 1.29 is 0 Å². The fourth-order valence-electron chi connectivity index (χ4n) is 2.90. The van der Waals surface area contributed by atoms with Crippen LogP contribution >= 0.6 is 11.6 Å². The van der Waals surface area contributed by atoms with Crippen LogP contribution in [0.25, 0.3) is 11.0 Å². The van der Waals surface area contributed by atoms with E-state index in [4.69, 9.17) is 11.6 Å². The molecule has 2 aromatic heterocycles. The summed E-state index contributed by atoms with van der Waals surface area (Å²) in [6.45, 7) is 2.63. The Morgan fingerprint density at radius 1 is 1.35 bits per heavy atom. The Bertz CT molecular complexity index is 824. The number of aromatic nitrogens is 4. The minimum atomic E-state index is 0.407. The van der Waals surface area contributed by atoms with E-state index in [2.05, 4.69) is 25.7 Å². The summed E-state index contributed by atoms with van der Waals surface area (Å²) in [5, 5.41) is 13.0. The fraction of sp³-hybridized carbons (Fsp3) is 0.312. The van der Waals surface area contributed by atoms with Gasteiger partial charge in [-0.25, -0.2) is 14.6 Å². The maximum absolute atomic E-state index is 6.05. The maximum atomic E-state index is 6.05. The molecule has 118 valence electrons. The summed E-state index contributed by atoms with van der Waals surface area (Å²) >= 11 is 6.05. The van der Waals surface area contributed by atoms with E-state index >= 15 is 0 Å². The van der Waals surface area contributed by atoms with Crippen LogP contribution in [-0.2, 0) is 6.54 Å². The Morgan fingerprint density at radius 2 is 2.30 bits per heavy atom. The molecule has 1 unspecified atom stereocenters. The SMILES string of the molecule is Clc1cccc(Cn2ncc3c(NC4CCNC4)ncnc32)c1. The Balaban J connectivity index is 1.64. The number of halogens is 1. The van der Waals surface area contributed by atoms with Crippen LogP contribution in [0.5, 0.6) is 0 Å². The highest BCUT2D eigenvalue weighted by Crippen LogP contribution is 2.21. The van der Waals surface area contributed by atoms with E-state index in [0.29, 0.717) is 12.6 Å². The van der Waals surface area contributed by atoms with Gasteiger partial charge in [0.1, 0.15) is 12.1 Å². The first-order valence-corrected chi connectivity index (χ1v) is 8.05. The van der Waals surface area contributed by atoms with Crippen molar-refractivity contribution >= 4 is 28.5 Å². The molecule has 0 saturated carbocycles. The maximum Gasteiger partial charge on any atom is 0.163 e. The Kier molecular flexibility index (Phi) is 3.85. The van der Waals surface area contributed by atoms with Crippen LogP contribution < -0.4 is 10.6 Å². The average molecular weight is 329 g/mol. The predicted molar refractivity (Wildman–Crippen MR) is 90.8 cm³/mol. The standard InChI is InChI=1S/C16H17ClN6/c17-12-3-1-2-11(6-12)9-23-16-14(8-21-23)15(19-10-20-16)22-13-4-5-18-7-13/h1-3,6,8,10,13,18H,4-5,7,9H2,(H,19,20,22). The molecule has 0 radical (unpaired) electrons. The van der Waals surface area contributed by atoms with Crippen LogP contribution in [0.1, 0.15) is 12.0 Å². The molecule has 0 aliphatic carbocycles. The second-order valence-corrected chi connectivity index (χ2v) is 6.16. The highest BCUT2D eigenvalue weighted by molar-refractivity contribution is 6.30. The molecule has 4 rings (SSSR count). The van der Waals surface area contributed by atoms with Crippen molar-refractivity contribution in [2.75, 3.05) is 18.4 Å². The lowest BCUT2D eigenvalue weighted by Crippen LogP contribution is -2.22. The zero-order chi connectivity index (χ0) is 15.6. The van der Waals surface area contributed by atoms with Crippen molar-refractivity contribution in [1.82, 2.24) is 25.1 Å². The lowest BCUT2D eigenvalue weighted by molar-refractivity contribution is 0.703. The lowest BCUT2D eigenvalue weighted by atomic mass is 10.2. The normalized spacial score (nSPS) is 17.7. The van der Waals surface area contributed by atoms with Gasteiger partial charge in [0.15, 0.2) is 5.65 Å². The van der Waals surface area contributed by atoms with Crippen molar-refractivity contribution in [3.05, 3.63) is 47.4 Å². The zero-order valence-corrected chi connectivity index (χ0v) is 13.3. The topological polar surface area (TPSA) is 67.7 Å². The zero-order valence-electron chi connectivity index (χ0n) is 12.5. The summed E-state index contributed by atoms with van der Waals surface area (Å²) in [6.07, 6.45) is 4.51. The summed E-state index contributed by atoms with van der Waals surface area (Å²) < 4.78 is 1.88. The molecule has 0 amide bonds. The van der Waals surface area contributed by atoms with Crippen LogP contribution in [-0.4, -0.2) is 38.9 Å². The van der Waals surface area contributed by atoms with Gasteiger partial charge in [-0.05, 0) is 30.7 Å². The molecule has 0 bridgehead atoms. The monoisotopic (exact) mass is 328 g/mol. The molecule has 1 aliphatic heterocycles. The molecule has 3 aromatic rings. The second kappa shape index (κ2) is 6.14. The van der Waals surface area contributed by atoms with E-state index in [1.807, 2.05) is 35.1 Å².